The van der Waals surface area contributed by atoms with Gasteiger partial charge >= 0.3 is 6.18 Å². The molecule has 1 aliphatic rings. The van der Waals surface area contributed by atoms with Crippen LogP contribution in [0.5, 0.6) is 0 Å². The van der Waals surface area contributed by atoms with E-state index in [0.717, 1.165) is 24.0 Å². The molecule has 1 fully saturated rings. The highest BCUT2D eigenvalue weighted by molar-refractivity contribution is 9.10. The molecule has 2 nitrogen and oxygen atoms in total. The van der Waals surface area contributed by atoms with Crippen LogP contribution in [0.3, 0.4) is 0 Å². The Bertz CT molecular complexity index is 499. The van der Waals surface area contributed by atoms with Gasteiger partial charge in [-0.1, -0.05) is 15.9 Å². The van der Waals surface area contributed by atoms with Crippen molar-refractivity contribution >= 4 is 33.6 Å². The largest absolute Gasteiger partial charge is 0.417 e. The van der Waals surface area contributed by atoms with Crippen LogP contribution in [-0.4, -0.2) is 35.4 Å². The highest BCUT2D eigenvalue weighted by atomic mass is 79.9. The van der Waals surface area contributed by atoms with Gasteiger partial charge in [0.15, 0.2) is 0 Å². The minimum Gasteiger partial charge on any atom is -0.338 e. The van der Waals surface area contributed by atoms with Crippen molar-refractivity contribution in [3.05, 3.63) is 33.8 Å². The molecule has 20 heavy (non-hydrogen) atoms. The first-order chi connectivity index (χ1) is 9.39. The summed E-state index contributed by atoms with van der Waals surface area (Å²) in [6.45, 7) is 1.01. The van der Waals surface area contributed by atoms with Gasteiger partial charge in [0.2, 0.25) is 0 Å². The van der Waals surface area contributed by atoms with Crippen molar-refractivity contribution in [1.82, 2.24) is 4.90 Å². The van der Waals surface area contributed by atoms with Crippen molar-refractivity contribution in [3.63, 3.8) is 0 Å². The van der Waals surface area contributed by atoms with Crippen LogP contribution < -0.4 is 0 Å². The van der Waals surface area contributed by atoms with Crippen molar-refractivity contribution in [1.29, 1.82) is 0 Å². The molecule has 0 aromatic heterocycles. The Kier molecular flexibility index (Phi) is 5.01. The number of rotatable bonds is 1. The molecule has 1 heterocycles. The summed E-state index contributed by atoms with van der Waals surface area (Å²) >= 11 is 4.74. The summed E-state index contributed by atoms with van der Waals surface area (Å²) < 4.78 is 39.4. The smallest absolute Gasteiger partial charge is 0.338 e. The van der Waals surface area contributed by atoms with E-state index in [0.29, 0.717) is 17.6 Å². The standard InChI is InChI=1S/C13H13BrF3NOS/c14-9-2-3-10(11(8-9)13(15,16)17)12(19)18-4-1-6-20-7-5-18/h2-3,8H,1,4-7H2. The predicted octanol–water partition coefficient (Wildman–Crippen LogP) is 4.05. The summed E-state index contributed by atoms with van der Waals surface area (Å²) in [5, 5.41) is 0. The molecule has 7 heteroatoms. The van der Waals surface area contributed by atoms with Crippen molar-refractivity contribution in [2.24, 2.45) is 0 Å². The topological polar surface area (TPSA) is 20.3 Å². The van der Waals surface area contributed by atoms with Crippen LogP contribution in [0, 0.1) is 0 Å². The zero-order valence-corrected chi connectivity index (χ0v) is 12.9. The van der Waals surface area contributed by atoms with Crippen molar-refractivity contribution in [2.75, 3.05) is 24.6 Å². The summed E-state index contributed by atoms with van der Waals surface area (Å²) in [6.07, 6.45) is -3.72. The van der Waals surface area contributed by atoms with Crippen LogP contribution in [-0.2, 0) is 6.18 Å². The summed E-state index contributed by atoms with van der Waals surface area (Å²) in [7, 11) is 0. The van der Waals surface area contributed by atoms with Gasteiger partial charge < -0.3 is 4.90 Å². The van der Waals surface area contributed by atoms with Gasteiger partial charge in [-0.15, -0.1) is 0 Å². The lowest BCUT2D eigenvalue weighted by molar-refractivity contribution is -0.138. The zero-order chi connectivity index (χ0) is 14.8. The molecule has 0 atom stereocenters. The molecule has 0 saturated carbocycles. The second kappa shape index (κ2) is 6.39. The van der Waals surface area contributed by atoms with E-state index in [1.165, 1.54) is 17.0 Å². The third kappa shape index (κ3) is 3.69. The Balaban J connectivity index is 2.33. The van der Waals surface area contributed by atoms with E-state index in [1.807, 2.05) is 0 Å². The van der Waals surface area contributed by atoms with Crippen molar-refractivity contribution in [2.45, 2.75) is 12.6 Å². The number of alkyl halides is 3. The average Bonchev–Trinajstić information content (AvgIpc) is 2.65. The fraction of sp³-hybridized carbons (Fsp3) is 0.462. The Hall–Kier alpha value is -0.690. The van der Waals surface area contributed by atoms with Crippen LogP contribution in [0.25, 0.3) is 0 Å². The first-order valence-electron chi connectivity index (χ1n) is 6.13. The molecule has 1 aliphatic heterocycles. The van der Waals surface area contributed by atoms with E-state index >= 15 is 0 Å². The lowest BCUT2D eigenvalue weighted by Gasteiger charge is -2.22. The maximum atomic E-state index is 13.0. The van der Waals surface area contributed by atoms with Gasteiger partial charge in [-0.05, 0) is 30.4 Å². The van der Waals surface area contributed by atoms with E-state index in [2.05, 4.69) is 15.9 Å². The van der Waals surface area contributed by atoms with Gasteiger partial charge in [-0.3, -0.25) is 4.79 Å². The highest BCUT2D eigenvalue weighted by Crippen LogP contribution is 2.34. The Morgan fingerprint density at radius 3 is 2.70 bits per heavy atom. The van der Waals surface area contributed by atoms with Gasteiger partial charge in [-0.2, -0.15) is 24.9 Å². The molecule has 0 spiro atoms. The maximum absolute atomic E-state index is 13.0. The molecule has 1 saturated heterocycles. The quantitative estimate of drug-likeness (QED) is 0.746. The van der Waals surface area contributed by atoms with Gasteiger partial charge in [0.05, 0.1) is 11.1 Å². The molecule has 110 valence electrons. The van der Waals surface area contributed by atoms with Crippen LogP contribution in [0.15, 0.2) is 22.7 Å². The van der Waals surface area contributed by atoms with Gasteiger partial charge in [0.1, 0.15) is 0 Å². The SMILES string of the molecule is O=C(c1ccc(Br)cc1C(F)(F)F)N1CCCSCC1. The molecule has 1 aromatic rings. The van der Waals surface area contributed by atoms with Crippen LogP contribution in [0.2, 0.25) is 0 Å². The number of halogens is 4. The number of carbonyl (C=O) groups excluding carboxylic acids is 1. The second-order valence-electron chi connectivity index (χ2n) is 4.45. The number of hydrogen-bond donors (Lipinski definition) is 0. The molecule has 1 aromatic carbocycles. The molecule has 1 amide bonds. The monoisotopic (exact) mass is 367 g/mol. The van der Waals surface area contributed by atoms with Gasteiger partial charge in [0.25, 0.3) is 5.91 Å². The summed E-state index contributed by atoms with van der Waals surface area (Å²) in [4.78, 5) is 13.8. The summed E-state index contributed by atoms with van der Waals surface area (Å²) in [6, 6.07) is 3.67. The predicted molar refractivity (Wildman–Crippen MR) is 77.0 cm³/mol. The highest BCUT2D eigenvalue weighted by Gasteiger charge is 2.36. The van der Waals surface area contributed by atoms with E-state index in [9.17, 15) is 18.0 Å². The number of amides is 1. The van der Waals surface area contributed by atoms with E-state index in [1.54, 1.807) is 11.8 Å². The third-order valence-electron chi connectivity index (χ3n) is 3.03. The number of carbonyl (C=O) groups is 1. The van der Waals surface area contributed by atoms with Gasteiger partial charge in [-0.25, -0.2) is 0 Å². The lowest BCUT2D eigenvalue weighted by Crippen LogP contribution is -2.34. The lowest BCUT2D eigenvalue weighted by atomic mass is 10.1. The Labute approximate surface area is 127 Å². The van der Waals surface area contributed by atoms with E-state index in [4.69, 9.17) is 0 Å². The first-order valence-corrected chi connectivity index (χ1v) is 8.08. The summed E-state index contributed by atoms with van der Waals surface area (Å²) in [5.74, 6) is 1.17. The normalized spacial score (nSPS) is 16.9. The van der Waals surface area contributed by atoms with Crippen molar-refractivity contribution in [3.8, 4) is 0 Å². The fourth-order valence-corrected chi connectivity index (χ4v) is 3.30. The second-order valence-corrected chi connectivity index (χ2v) is 6.59. The average molecular weight is 368 g/mol. The van der Waals surface area contributed by atoms with Crippen LogP contribution >= 0.6 is 27.7 Å². The number of benzene rings is 1. The minimum absolute atomic E-state index is 0.271. The molecule has 0 aliphatic carbocycles. The molecule has 0 unspecified atom stereocenters. The van der Waals surface area contributed by atoms with Gasteiger partial charge in [0, 0.05) is 23.3 Å². The Morgan fingerprint density at radius 2 is 2.00 bits per heavy atom. The number of nitrogens with zero attached hydrogens (tertiary/aromatic N) is 1. The maximum Gasteiger partial charge on any atom is 0.417 e. The van der Waals surface area contributed by atoms with E-state index < -0.39 is 17.6 Å². The van der Waals surface area contributed by atoms with Crippen LogP contribution in [0.4, 0.5) is 13.2 Å². The molecule has 0 bridgehead atoms. The number of thioether (sulfide) groups is 1. The molecular weight excluding hydrogens is 355 g/mol. The van der Waals surface area contributed by atoms with Crippen LogP contribution in [0.1, 0.15) is 22.3 Å². The molecule has 0 N–H and O–H groups in total. The third-order valence-corrected chi connectivity index (χ3v) is 4.57. The minimum atomic E-state index is -4.53. The van der Waals surface area contributed by atoms with Crippen molar-refractivity contribution < 1.29 is 18.0 Å². The molecule has 2 rings (SSSR count). The first kappa shape index (κ1) is 15.7. The molecule has 0 radical (unpaired) electrons. The van der Waals surface area contributed by atoms with E-state index in [-0.39, 0.29) is 5.56 Å². The Morgan fingerprint density at radius 1 is 1.25 bits per heavy atom. The fourth-order valence-electron chi connectivity index (χ4n) is 2.06. The molecular formula is C13H13BrF3NOS. The summed E-state index contributed by atoms with van der Waals surface area (Å²) in [5.41, 5.74) is -1.15. The zero-order valence-electron chi connectivity index (χ0n) is 10.5. The number of hydrogen-bond acceptors (Lipinski definition) is 2.